The van der Waals surface area contributed by atoms with Gasteiger partial charge >= 0.3 is 0 Å². The molecule has 176 valence electrons. The van der Waals surface area contributed by atoms with E-state index < -0.39 is 0 Å². The molecular formula is C25H39N5O2. The van der Waals surface area contributed by atoms with Crippen LogP contribution in [0.1, 0.15) is 46.1 Å². The maximum absolute atomic E-state index is 5.81. The molecule has 0 saturated carbocycles. The van der Waals surface area contributed by atoms with E-state index in [0.717, 1.165) is 49.9 Å². The Hall–Kier alpha value is -2.80. The zero-order valence-electron chi connectivity index (χ0n) is 20.2. The van der Waals surface area contributed by atoms with Gasteiger partial charge in [-0.05, 0) is 64.0 Å². The molecule has 1 unspecified atom stereocenters. The van der Waals surface area contributed by atoms with Crippen LogP contribution in [0.5, 0.6) is 17.4 Å². The standard InChI is InChI=1S/C25H39N5O2/c1-6-26-25(29-20(4)11-10-16-30(7-2)8-3)28-19-21-14-15-24(27-18-21)32-23-13-9-12-22(17-23)31-5/h9,12-15,17-18,20H,6-8,10-11,16,19H2,1-5H3,(H2,26,28,29). The van der Waals surface area contributed by atoms with Gasteiger partial charge in [0.1, 0.15) is 11.5 Å². The number of rotatable bonds is 13. The van der Waals surface area contributed by atoms with E-state index in [-0.39, 0.29) is 0 Å². The summed E-state index contributed by atoms with van der Waals surface area (Å²) in [4.78, 5) is 11.6. The maximum atomic E-state index is 5.81. The van der Waals surface area contributed by atoms with E-state index in [4.69, 9.17) is 14.5 Å². The highest BCUT2D eigenvalue weighted by Crippen LogP contribution is 2.23. The molecule has 32 heavy (non-hydrogen) atoms. The largest absolute Gasteiger partial charge is 0.497 e. The summed E-state index contributed by atoms with van der Waals surface area (Å²) in [5.74, 6) is 2.81. The minimum absolute atomic E-state index is 0.361. The molecular weight excluding hydrogens is 402 g/mol. The highest BCUT2D eigenvalue weighted by atomic mass is 16.5. The summed E-state index contributed by atoms with van der Waals surface area (Å²) in [6.45, 7) is 13.5. The Bertz CT molecular complexity index is 806. The van der Waals surface area contributed by atoms with Gasteiger partial charge in [-0.25, -0.2) is 9.98 Å². The lowest BCUT2D eigenvalue weighted by atomic mass is 10.2. The lowest BCUT2D eigenvalue weighted by molar-refractivity contribution is 0.292. The van der Waals surface area contributed by atoms with Gasteiger partial charge in [0, 0.05) is 30.9 Å². The van der Waals surface area contributed by atoms with Crippen molar-refractivity contribution in [1.82, 2.24) is 20.5 Å². The van der Waals surface area contributed by atoms with Crippen LogP contribution in [0.4, 0.5) is 0 Å². The molecule has 0 radical (unpaired) electrons. The number of guanidine groups is 1. The molecule has 7 heteroatoms. The number of aromatic nitrogens is 1. The van der Waals surface area contributed by atoms with Crippen molar-refractivity contribution in [2.45, 2.75) is 53.1 Å². The third kappa shape index (κ3) is 9.14. The number of pyridine rings is 1. The lowest BCUT2D eigenvalue weighted by Crippen LogP contribution is -2.42. The Kier molecular flexibility index (Phi) is 11.4. The van der Waals surface area contributed by atoms with Crippen LogP contribution in [-0.4, -0.2) is 55.2 Å². The van der Waals surface area contributed by atoms with Crippen LogP contribution >= 0.6 is 0 Å². The fourth-order valence-electron chi connectivity index (χ4n) is 3.31. The van der Waals surface area contributed by atoms with Gasteiger partial charge < -0.3 is 25.0 Å². The summed E-state index contributed by atoms with van der Waals surface area (Å²) < 4.78 is 11.0. The summed E-state index contributed by atoms with van der Waals surface area (Å²) >= 11 is 0. The van der Waals surface area contributed by atoms with Gasteiger partial charge in [0.05, 0.1) is 13.7 Å². The summed E-state index contributed by atoms with van der Waals surface area (Å²) in [5.41, 5.74) is 1.02. The van der Waals surface area contributed by atoms with Gasteiger partial charge in [0.15, 0.2) is 5.96 Å². The molecule has 0 fully saturated rings. The van der Waals surface area contributed by atoms with E-state index in [1.165, 1.54) is 6.42 Å². The Balaban J connectivity index is 1.87. The van der Waals surface area contributed by atoms with Crippen molar-refractivity contribution < 1.29 is 9.47 Å². The normalized spacial score (nSPS) is 12.5. The molecule has 0 saturated heterocycles. The maximum Gasteiger partial charge on any atom is 0.219 e. The van der Waals surface area contributed by atoms with Crippen molar-refractivity contribution in [3.8, 4) is 17.4 Å². The minimum Gasteiger partial charge on any atom is -0.497 e. The number of aliphatic imine (C=N–C) groups is 1. The SMILES string of the molecule is CCNC(=NCc1ccc(Oc2cccc(OC)c2)nc1)NC(C)CCCN(CC)CC. The smallest absolute Gasteiger partial charge is 0.219 e. The molecule has 7 nitrogen and oxygen atoms in total. The fourth-order valence-corrected chi connectivity index (χ4v) is 3.31. The van der Waals surface area contributed by atoms with Gasteiger partial charge in [-0.15, -0.1) is 0 Å². The lowest BCUT2D eigenvalue weighted by Gasteiger charge is -2.21. The first kappa shape index (κ1) is 25.5. The highest BCUT2D eigenvalue weighted by molar-refractivity contribution is 5.80. The van der Waals surface area contributed by atoms with Crippen molar-refractivity contribution >= 4 is 5.96 Å². The Morgan fingerprint density at radius 3 is 2.56 bits per heavy atom. The Labute approximate surface area is 193 Å². The second-order valence-corrected chi connectivity index (χ2v) is 7.70. The highest BCUT2D eigenvalue weighted by Gasteiger charge is 2.07. The monoisotopic (exact) mass is 441 g/mol. The molecule has 2 N–H and O–H groups in total. The molecule has 0 amide bonds. The van der Waals surface area contributed by atoms with E-state index in [0.29, 0.717) is 24.2 Å². The quantitative estimate of drug-likeness (QED) is 0.354. The zero-order chi connectivity index (χ0) is 23.2. The predicted molar refractivity (Wildman–Crippen MR) is 132 cm³/mol. The Morgan fingerprint density at radius 2 is 1.91 bits per heavy atom. The summed E-state index contributed by atoms with van der Waals surface area (Å²) in [6, 6.07) is 11.7. The molecule has 0 bridgehead atoms. The second-order valence-electron chi connectivity index (χ2n) is 7.70. The first-order chi connectivity index (χ1) is 15.6. The molecule has 0 aliphatic rings. The van der Waals surface area contributed by atoms with Crippen molar-refractivity contribution in [1.29, 1.82) is 0 Å². The van der Waals surface area contributed by atoms with E-state index in [1.54, 1.807) is 13.3 Å². The minimum atomic E-state index is 0.361. The summed E-state index contributed by atoms with van der Waals surface area (Å²) in [6.07, 6.45) is 4.09. The van der Waals surface area contributed by atoms with Crippen molar-refractivity contribution in [3.05, 3.63) is 48.2 Å². The molecule has 2 aromatic rings. The number of nitrogens with one attached hydrogen (secondary N) is 2. The van der Waals surface area contributed by atoms with Crippen LogP contribution in [0.2, 0.25) is 0 Å². The van der Waals surface area contributed by atoms with Gasteiger partial charge in [0.25, 0.3) is 0 Å². The molecule has 0 aliphatic heterocycles. The van der Waals surface area contributed by atoms with Crippen molar-refractivity contribution in [2.24, 2.45) is 4.99 Å². The topological polar surface area (TPSA) is 71.0 Å². The van der Waals surface area contributed by atoms with Crippen LogP contribution in [0.25, 0.3) is 0 Å². The molecule has 2 rings (SSSR count). The van der Waals surface area contributed by atoms with Crippen LogP contribution in [0.3, 0.4) is 0 Å². The van der Waals surface area contributed by atoms with Crippen LogP contribution in [0.15, 0.2) is 47.6 Å². The van der Waals surface area contributed by atoms with E-state index >= 15 is 0 Å². The van der Waals surface area contributed by atoms with E-state index in [2.05, 4.69) is 48.2 Å². The van der Waals surface area contributed by atoms with Crippen LogP contribution < -0.4 is 20.1 Å². The molecule has 0 spiro atoms. The van der Waals surface area contributed by atoms with Crippen molar-refractivity contribution in [2.75, 3.05) is 33.3 Å². The number of hydrogen-bond acceptors (Lipinski definition) is 5. The summed E-state index contributed by atoms with van der Waals surface area (Å²) in [5, 5.41) is 6.85. The first-order valence-electron chi connectivity index (χ1n) is 11.6. The third-order valence-electron chi connectivity index (χ3n) is 5.21. The van der Waals surface area contributed by atoms with Crippen LogP contribution in [0, 0.1) is 0 Å². The zero-order valence-corrected chi connectivity index (χ0v) is 20.2. The van der Waals surface area contributed by atoms with Crippen molar-refractivity contribution in [3.63, 3.8) is 0 Å². The summed E-state index contributed by atoms with van der Waals surface area (Å²) in [7, 11) is 1.64. The number of nitrogens with zero attached hydrogens (tertiary/aromatic N) is 3. The van der Waals surface area contributed by atoms with Gasteiger partial charge in [0.2, 0.25) is 5.88 Å². The third-order valence-corrected chi connectivity index (χ3v) is 5.21. The number of benzene rings is 1. The van der Waals surface area contributed by atoms with Gasteiger partial charge in [-0.2, -0.15) is 0 Å². The van der Waals surface area contributed by atoms with Crippen LogP contribution in [-0.2, 0) is 6.54 Å². The molecule has 1 aromatic heterocycles. The van der Waals surface area contributed by atoms with E-state index in [9.17, 15) is 0 Å². The predicted octanol–water partition coefficient (Wildman–Crippen LogP) is 4.45. The fraction of sp³-hybridized carbons (Fsp3) is 0.520. The van der Waals surface area contributed by atoms with Gasteiger partial charge in [-0.3, -0.25) is 0 Å². The molecule has 0 aliphatic carbocycles. The molecule has 1 aromatic carbocycles. The first-order valence-corrected chi connectivity index (χ1v) is 11.6. The molecule has 1 heterocycles. The average Bonchev–Trinajstić information content (AvgIpc) is 2.81. The number of ether oxygens (including phenoxy) is 2. The Morgan fingerprint density at radius 1 is 1.12 bits per heavy atom. The second kappa shape index (κ2) is 14.3. The number of hydrogen-bond donors (Lipinski definition) is 2. The average molecular weight is 442 g/mol. The molecule has 1 atom stereocenters. The van der Waals surface area contributed by atoms with Gasteiger partial charge in [-0.1, -0.05) is 26.0 Å². The number of methoxy groups -OCH3 is 1. The van der Waals surface area contributed by atoms with E-state index in [1.807, 2.05) is 36.4 Å².